The third-order valence-electron chi connectivity index (χ3n) is 7.82. The monoisotopic (exact) mass is 539 g/mol. The van der Waals surface area contributed by atoms with Crippen molar-refractivity contribution >= 4 is 29.4 Å². The Morgan fingerprint density at radius 2 is 2.00 bits per heavy atom. The van der Waals surface area contributed by atoms with Gasteiger partial charge in [0.2, 0.25) is 23.5 Å². The molecule has 3 aliphatic heterocycles. The second kappa shape index (κ2) is 10.9. The number of nitrogens with zero attached hydrogens (tertiary/aromatic N) is 5. The highest BCUT2D eigenvalue weighted by Crippen LogP contribution is 2.32. The normalized spacial score (nSPS) is 19.8. The van der Waals surface area contributed by atoms with Gasteiger partial charge in [-0.1, -0.05) is 23.4 Å². The van der Waals surface area contributed by atoms with Crippen LogP contribution in [0.15, 0.2) is 47.0 Å². The molecule has 3 saturated heterocycles. The number of nitrogens with one attached hydrogen (secondary N) is 2. The van der Waals surface area contributed by atoms with Gasteiger partial charge in [-0.3, -0.25) is 9.59 Å². The van der Waals surface area contributed by atoms with Gasteiger partial charge >= 0.3 is 0 Å². The number of anilines is 2. The van der Waals surface area contributed by atoms with E-state index in [9.17, 15) is 14.9 Å². The first-order valence-electron chi connectivity index (χ1n) is 13.4. The minimum absolute atomic E-state index is 0.0138. The first-order valence-corrected chi connectivity index (χ1v) is 13.4. The van der Waals surface area contributed by atoms with Crippen molar-refractivity contribution < 1.29 is 18.8 Å². The zero-order valence-electron chi connectivity index (χ0n) is 21.9. The van der Waals surface area contributed by atoms with Gasteiger partial charge < -0.3 is 29.8 Å². The number of carbonyl (C=O) groups excluding carboxylic acids is 2. The largest absolute Gasteiger partial charge is 0.377 e. The van der Waals surface area contributed by atoms with Gasteiger partial charge in [-0.05, 0) is 37.1 Å². The summed E-state index contributed by atoms with van der Waals surface area (Å²) in [7, 11) is 0. The summed E-state index contributed by atoms with van der Waals surface area (Å²) in [5, 5.41) is 24.5. The molecule has 2 amide bonds. The molecule has 0 aliphatic carbocycles. The average Bonchev–Trinajstić information content (AvgIpc) is 3.62. The molecular formula is C29H29N7O4. The minimum Gasteiger partial charge on any atom is -0.377 e. The molecule has 3 fully saturated rings. The summed E-state index contributed by atoms with van der Waals surface area (Å²) in [6, 6.07) is 14.9. The minimum atomic E-state index is -0.400. The van der Waals surface area contributed by atoms with Gasteiger partial charge in [0.15, 0.2) is 0 Å². The molecule has 0 saturated carbocycles. The number of amides is 2. The maximum absolute atomic E-state index is 13.3. The smallest absolute Gasteiger partial charge is 0.230 e. The Kier molecular flexibility index (Phi) is 7.00. The number of aromatic nitrogens is 2. The first-order chi connectivity index (χ1) is 19.5. The zero-order chi connectivity index (χ0) is 27.6. The molecule has 1 aromatic heterocycles. The summed E-state index contributed by atoms with van der Waals surface area (Å²) in [6.45, 7) is 2.71. The number of ether oxygens (including phenoxy) is 1. The van der Waals surface area contributed by atoms with E-state index in [1.165, 1.54) is 6.21 Å². The molecule has 0 radical (unpaired) electrons. The number of nitriles is 1. The number of hydrogen-bond donors (Lipinski definition) is 2. The van der Waals surface area contributed by atoms with Gasteiger partial charge in [-0.15, -0.1) is 0 Å². The van der Waals surface area contributed by atoms with Crippen LogP contribution in [0, 0.1) is 22.7 Å². The van der Waals surface area contributed by atoms with E-state index in [2.05, 4.69) is 21.5 Å². The van der Waals surface area contributed by atoms with E-state index >= 15 is 0 Å². The van der Waals surface area contributed by atoms with Gasteiger partial charge in [0.05, 0.1) is 36.8 Å². The van der Waals surface area contributed by atoms with Crippen molar-refractivity contribution in [3.63, 3.8) is 0 Å². The van der Waals surface area contributed by atoms with Gasteiger partial charge in [-0.2, -0.15) is 10.2 Å². The summed E-state index contributed by atoms with van der Waals surface area (Å²) < 4.78 is 10.9. The van der Waals surface area contributed by atoms with Crippen LogP contribution < -0.4 is 10.2 Å². The van der Waals surface area contributed by atoms with Crippen molar-refractivity contribution in [2.45, 2.75) is 31.2 Å². The second-order valence-corrected chi connectivity index (χ2v) is 10.4. The Bertz CT molecular complexity index is 1480. The Hall–Kier alpha value is -4.56. The molecule has 11 nitrogen and oxygen atoms in total. The molecule has 3 aromatic rings. The van der Waals surface area contributed by atoms with E-state index in [0.717, 1.165) is 16.8 Å². The van der Waals surface area contributed by atoms with E-state index in [0.29, 0.717) is 68.7 Å². The lowest BCUT2D eigenvalue weighted by Gasteiger charge is -2.32. The van der Waals surface area contributed by atoms with Crippen LogP contribution in [0.1, 0.15) is 42.2 Å². The summed E-state index contributed by atoms with van der Waals surface area (Å²) in [5.41, 5.74) is 3.54. The van der Waals surface area contributed by atoms with E-state index in [1.807, 2.05) is 23.1 Å². The maximum atomic E-state index is 13.3. The quantitative estimate of drug-likeness (QED) is 0.435. The van der Waals surface area contributed by atoms with E-state index in [4.69, 9.17) is 14.7 Å². The predicted molar refractivity (Wildman–Crippen MR) is 146 cm³/mol. The van der Waals surface area contributed by atoms with E-state index < -0.39 is 5.92 Å². The number of rotatable bonds is 7. The van der Waals surface area contributed by atoms with Gasteiger partial charge in [0.1, 0.15) is 0 Å². The fourth-order valence-electron chi connectivity index (χ4n) is 5.47. The summed E-state index contributed by atoms with van der Waals surface area (Å²) in [6.07, 6.45) is 2.88. The summed E-state index contributed by atoms with van der Waals surface area (Å²) >= 11 is 0. The van der Waals surface area contributed by atoms with Gasteiger partial charge in [0.25, 0.3) is 0 Å². The van der Waals surface area contributed by atoms with Crippen LogP contribution >= 0.6 is 0 Å². The third kappa shape index (κ3) is 5.05. The molecule has 4 heterocycles. The van der Waals surface area contributed by atoms with Crippen LogP contribution in [-0.2, 0) is 14.3 Å². The van der Waals surface area contributed by atoms with Crippen molar-refractivity contribution in [2.24, 2.45) is 5.92 Å². The molecule has 6 rings (SSSR count). The lowest BCUT2D eigenvalue weighted by atomic mass is 9.95. The fraction of sp³-hybridized carbons (Fsp3) is 0.379. The summed E-state index contributed by atoms with van der Waals surface area (Å²) in [5.74, 6) is 0.576. The van der Waals surface area contributed by atoms with E-state index in [-0.39, 0.29) is 30.2 Å². The molecule has 1 atom stereocenters. The van der Waals surface area contributed by atoms with Crippen LogP contribution in [0.25, 0.3) is 11.4 Å². The van der Waals surface area contributed by atoms with Crippen LogP contribution in [0.5, 0.6) is 0 Å². The fourth-order valence-corrected chi connectivity index (χ4v) is 5.47. The Morgan fingerprint density at radius 3 is 2.73 bits per heavy atom. The lowest BCUT2D eigenvalue weighted by molar-refractivity contribution is -0.136. The maximum Gasteiger partial charge on any atom is 0.230 e. The number of carbonyl (C=O) groups is 2. The third-order valence-corrected chi connectivity index (χ3v) is 7.82. The highest BCUT2D eigenvalue weighted by molar-refractivity contribution is 6.00. The zero-order valence-corrected chi connectivity index (χ0v) is 21.9. The molecule has 2 aromatic carbocycles. The molecule has 204 valence electrons. The highest BCUT2D eigenvalue weighted by Gasteiger charge is 2.38. The van der Waals surface area contributed by atoms with Gasteiger partial charge in [0, 0.05) is 60.7 Å². The number of hydrogen-bond acceptors (Lipinski definition) is 9. The van der Waals surface area contributed by atoms with E-state index in [1.54, 1.807) is 29.2 Å². The van der Waals surface area contributed by atoms with Crippen LogP contribution in [0.2, 0.25) is 0 Å². The predicted octanol–water partition coefficient (Wildman–Crippen LogP) is 3.18. The molecule has 11 heteroatoms. The van der Waals surface area contributed by atoms with Crippen molar-refractivity contribution in [1.29, 1.82) is 10.7 Å². The van der Waals surface area contributed by atoms with Crippen molar-refractivity contribution in [1.82, 2.24) is 15.0 Å². The molecule has 3 aliphatic rings. The lowest BCUT2D eigenvalue weighted by Crippen LogP contribution is -2.42. The molecule has 0 spiro atoms. The SMILES string of the molecule is N#Cc1cccc(N2CC(C(=O)N3CCC(c4nc(-c5ccc(C=N)c(NC6COC6)c5)no4)CC3)CC2=O)c1. The molecule has 2 N–H and O–H groups in total. The topological polar surface area (TPSA) is 148 Å². The van der Waals surface area contributed by atoms with Crippen LogP contribution in [-0.4, -0.2) is 72.0 Å². The van der Waals surface area contributed by atoms with Crippen LogP contribution in [0.4, 0.5) is 11.4 Å². The molecular weight excluding hydrogens is 510 g/mol. The number of benzene rings is 2. The molecule has 0 bridgehead atoms. The van der Waals surface area contributed by atoms with Crippen molar-refractivity contribution in [3.05, 3.63) is 59.5 Å². The van der Waals surface area contributed by atoms with Crippen molar-refractivity contribution in [2.75, 3.05) is 43.1 Å². The average molecular weight is 540 g/mol. The highest BCUT2D eigenvalue weighted by atomic mass is 16.5. The Morgan fingerprint density at radius 1 is 1.18 bits per heavy atom. The standard InChI is InChI=1S/C29H29N7O4/c30-13-18-2-1-3-24(10-18)36-15-22(12-26(36)37)29(38)35-8-6-19(7-9-35)28-33-27(34-40-28)20-4-5-21(14-31)25(11-20)32-23-16-39-17-23/h1-5,10-11,14,19,22-23,31-32H,6-9,12,15-17H2. The second-order valence-electron chi connectivity index (χ2n) is 10.4. The number of piperidine rings is 1. The Balaban J connectivity index is 1.07. The first kappa shape index (κ1) is 25.7. The van der Waals surface area contributed by atoms with Crippen LogP contribution in [0.3, 0.4) is 0 Å². The van der Waals surface area contributed by atoms with Gasteiger partial charge in [-0.25, -0.2) is 0 Å². The van der Waals surface area contributed by atoms with Crippen molar-refractivity contribution in [3.8, 4) is 17.5 Å². The Labute approximate surface area is 231 Å². The number of likely N-dealkylation sites (tertiary alicyclic amines) is 1. The molecule has 1 unspecified atom stereocenters. The molecule has 40 heavy (non-hydrogen) atoms. The summed E-state index contributed by atoms with van der Waals surface area (Å²) in [4.78, 5) is 34.1.